The molecule has 1 spiro atoms. The molecule has 0 aliphatic heterocycles. The molecule has 0 atom stereocenters. The van der Waals surface area contributed by atoms with Gasteiger partial charge in [-0.2, -0.15) is 13.2 Å². The number of aromatic nitrogens is 5. The molecule has 2 aliphatic carbocycles. The summed E-state index contributed by atoms with van der Waals surface area (Å²) in [4.78, 5) is 17.8. The summed E-state index contributed by atoms with van der Waals surface area (Å²) in [5.74, 6) is 1.23. The number of aryl methyl sites for hydroxylation is 1. The number of hydrogen-bond donors (Lipinski definition) is 1. The molecule has 204 valence electrons. The van der Waals surface area contributed by atoms with E-state index in [1.54, 1.807) is 12.4 Å². The van der Waals surface area contributed by atoms with Crippen molar-refractivity contribution in [1.82, 2.24) is 29.6 Å². The standard InChI is InChI=1S/C29H31F3N6O/c1-18(2)12-33-13-19-9-22-24(23(10-19)29(30,31)32)34-16-38(25(22)39)21-6-4-5-20(11-21)28(14-27(15-28)7-8-27)26-36-35-17-37(26)3/h4-6,9-11,16-18,33H,7-8,12-15H2,1-3H3. The van der Waals surface area contributed by atoms with Crippen LogP contribution in [0.4, 0.5) is 13.2 Å². The van der Waals surface area contributed by atoms with Gasteiger partial charge in [0.15, 0.2) is 0 Å². The van der Waals surface area contributed by atoms with Crippen LogP contribution in [-0.2, 0) is 25.2 Å². The van der Waals surface area contributed by atoms with E-state index in [0.717, 1.165) is 30.3 Å². The zero-order valence-electron chi connectivity index (χ0n) is 22.2. The fourth-order valence-corrected chi connectivity index (χ4v) is 6.22. The van der Waals surface area contributed by atoms with Gasteiger partial charge in [0, 0.05) is 13.6 Å². The predicted molar refractivity (Wildman–Crippen MR) is 142 cm³/mol. The summed E-state index contributed by atoms with van der Waals surface area (Å²) in [5, 5.41) is 11.7. The Bertz CT molecular complexity index is 1610. The zero-order chi connectivity index (χ0) is 27.6. The van der Waals surface area contributed by atoms with Gasteiger partial charge in [-0.15, -0.1) is 10.2 Å². The van der Waals surface area contributed by atoms with E-state index in [9.17, 15) is 18.0 Å². The number of nitrogens with one attached hydrogen (secondary N) is 1. The molecule has 0 saturated heterocycles. The quantitative estimate of drug-likeness (QED) is 0.354. The van der Waals surface area contributed by atoms with Gasteiger partial charge in [-0.05, 0) is 79.0 Å². The van der Waals surface area contributed by atoms with E-state index in [1.807, 2.05) is 43.7 Å². The lowest BCUT2D eigenvalue weighted by Gasteiger charge is -2.48. The van der Waals surface area contributed by atoms with Crippen molar-refractivity contribution in [3.05, 3.63) is 81.9 Å². The van der Waals surface area contributed by atoms with Gasteiger partial charge < -0.3 is 9.88 Å². The van der Waals surface area contributed by atoms with E-state index in [2.05, 4.69) is 20.5 Å². The molecule has 2 saturated carbocycles. The first-order valence-electron chi connectivity index (χ1n) is 13.3. The minimum absolute atomic E-state index is 0.0531. The third kappa shape index (κ3) is 4.44. The van der Waals surface area contributed by atoms with Gasteiger partial charge in [-0.1, -0.05) is 26.0 Å². The smallest absolute Gasteiger partial charge is 0.320 e. The first-order chi connectivity index (χ1) is 18.5. The normalized spacial score (nSPS) is 17.6. The van der Waals surface area contributed by atoms with Gasteiger partial charge in [0.25, 0.3) is 5.56 Å². The van der Waals surface area contributed by atoms with Crippen molar-refractivity contribution >= 4 is 10.9 Å². The monoisotopic (exact) mass is 536 g/mol. The highest BCUT2D eigenvalue weighted by Gasteiger charge is 2.63. The number of benzene rings is 2. The molecule has 2 fully saturated rings. The van der Waals surface area contributed by atoms with Gasteiger partial charge in [0.1, 0.15) is 18.5 Å². The van der Waals surface area contributed by atoms with Gasteiger partial charge in [-0.3, -0.25) is 9.36 Å². The maximum absolute atomic E-state index is 14.0. The number of nitrogens with zero attached hydrogens (tertiary/aromatic N) is 5. The van der Waals surface area contributed by atoms with Crippen molar-refractivity contribution < 1.29 is 13.2 Å². The number of fused-ring (bicyclic) bond motifs is 1. The van der Waals surface area contributed by atoms with E-state index >= 15 is 0 Å². The van der Waals surface area contributed by atoms with Gasteiger partial charge in [0.05, 0.1) is 27.6 Å². The molecule has 4 aromatic rings. The molecule has 0 amide bonds. The highest BCUT2D eigenvalue weighted by atomic mass is 19.4. The van der Waals surface area contributed by atoms with Crippen LogP contribution in [0.3, 0.4) is 0 Å². The Labute approximate surface area is 224 Å². The average molecular weight is 537 g/mol. The van der Waals surface area contributed by atoms with Crippen LogP contribution in [0, 0.1) is 11.3 Å². The van der Waals surface area contributed by atoms with Crippen molar-refractivity contribution in [2.75, 3.05) is 6.54 Å². The lowest BCUT2D eigenvalue weighted by Crippen LogP contribution is -2.45. The second-order valence-electron chi connectivity index (χ2n) is 11.7. The van der Waals surface area contributed by atoms with Crippen LogP contribution < -0.4 is 10.9 Å². The molecule has 6 rings (SSSR count). The van der Waals surface area contributed by atoms with Crippen LogP contribution >= 0.6 is 0 Å². The summed E-state index contributed by atoms with van der Waals surface area (Å²) < 4.78 is 45.2. The lowest BCUT2D eigenvalue weighted by atomic mass is 9.56. The van der Waals surface area contributed by atoms with Crippen LogP contribution in [0.25, 0.3) is 16.6 Å². The molecule has 1 N–H and O–H groups in total. The SMILES string of the molecule is CC(C)CNCc1cc(C(F)(F)F)c2ncn(-c3cccc(C4(c5nncn5C)CC5(CC5)C4)c3)c(=O)c2c1. The molecule has 0 radical (unpaired) electrons. The summed E-state index contributed by atoms with van der Waals surface area (Å²) in [6, 6.07) is 10.3. The second kappa shape index (κ2) is 9.01. The van der Waals surface area contributed by atoms with Crippen LogP contribution in [0.15, 0.2) is 53.8 Å². The molecule has 2 aromatic carbocycles. The summed E-state index contributed by atoms with van der Waals surface area (Å²) in [7, 11) is 1.93. The molecule has 2 heterocycles. The van der Waals surface area contributed by atoms with E-state index in [4.69, 9.17) is 0 Å². The Morgan fingerprint density at radius 1 is 1.10 bits per heavy atom. The second-order valence-corrected chi connectivity index (χ2v) is 11.7. The third-order valence-corrected chi connectivity index (χ3v) is 8.24. The minimum atomic E-state index is -4.64. The fraction of sp³-hybridized carbons (Fsp3) is 0.448. The Hall–Kier alpha value is -3.53. The third-order valence-electron chi connectivity index (χ3n) is 8.24. The lowest BCUT2D eigenvalue weighted by molar-refractivity contribution is -0.136. The molecular formula is C29H31F3N6O. The maximum Gasteiger partial charge on any atom is 0.418 e. The predicted octanol–water partition coefficient (Wildman–Crippen LogP) is 5.14. The van der Waals surface area contributed by atoms with Crippen molar-refractivity contribution in [2.45, 2.75) is 57.7 Å². The van der Waals surface area contributed by atoms with E-state index in [-0.39, 0.29) is 22.9 Å². The number of alkyl halides is 3. The first kappa shape index (κ1) is 25.7. The number of rotatable bonds is 7. The van der Waals surface area contributed by atoms with E-state index < -0.39 is 17.3 Å². The van der Waals surface area contributed by atoms with Crippen LogP contribution in [0.2, 0.25) is 0 Å². The number of hydrogen-bond acceptors (Lipinski definition) is 5. The summed E-state index contributed by atoms with van der Waals surface area (Å²) in [6.45, 7) is 4.92. The first-order valence-corrected chi connectivity index (χ1v) is 13.3. The van der Waals surface area contributed by atoms with Crippen LogP contribution in [-0.4, -0.2) is 30.9 Å². The van der Waals surface area contributed by atoms with Crippen molar-refractivity contribution in [3.63, 3.8) is 0 Å². The van der Waals surface area contributed by atoms with Gasteiger partial charge >= 0.3 is 6.18 Å². The minimum Gasteiger partial charge on any atom is -0.320 e. The molecular weight excluding hydrogens is 505 g/mol. The van der Waals surface area contributed by atoms with Gasteiger partial charge in [0.2, 0.25) is 0 Å². The number of halogens is 3. The summed E-state index contributed by atoms with van der Waals surface area (Å²) >= 11 is 0. The molecule has 10 heteroatoms. The average Bonchev–Trinajstić information content (AvgIpc) is 3.54. The fourth-order valence-electron chi connectivity index (χ4n) is 6.22. The summed E-state index contributed by atoms with van der Waals surface area (Å²) in [6.07, 6.45) is 2.59. The van der Waals surface area contributed by atoms with Crippen LogP contribution in [0.5, 0.6) is 0 Å². The largest absolute Gasteiger partial charge is 0.418 e. The van der Waals surface area contributed by atoms with E-state index in [0.29, 0.717) is 29.1 Å². The van der Waals surface area contributed by atoms with Crippen molar-refractivity contribution in [2.24, 2.45) is 18.4 Å². The topological polar surface area (TPSA) is 77.6 Å². The molecule has 0 unspecified atom stereocenters. The zero-order valence-corrected chi connectivity index (χ0v) is 22.2. The van der Waals surface area contributed by atoms with Gasteiger partial charge in [-0.25, -0.2) is 4.98 Å². The highest BCUT2D eigenvalue weighted by Crippen LogP contribution is 2.70. The molecule has 2 aliphatic rings. The highest BCUT2D eigenvalue weighted by molar-refractivity contribution is 5.82. The Balaban J connectivity index is 1.44. The van der Waals surface area contributed by atoms with Crippen molar-refractivity contribution in [3.8, 4) is 5.69 Å². The maximum atomic E-state index is 14.0. The van der Waals surface area contributed by atoms with Crippen LogP contribution in [0.1, 0.15) is 62.0 Å². The van der Waals surface area contributed by atoms with E-state index in [1.165, 1.54) is 29.8 Å². The van der Waals surface area contributed by atoms with Crippen molar-refractivity contribution in [1.29, 1.82) is 0 Å². The Morgan fingerprint density at radius 2 is 1.87 bits per heavy atom. The molecule has 39 heavy (non-hydrogen) atoms. The molecule has 2 aromatic heterocycles. The molecule has 0 bridgehead atoms. The summed E-state index contributed by atoms with van der Waals surface area (Å²) in [5.41, 5.74) is 0.245. The molecule has 7 nitrogen and oxygen atoms in total. The Kier molecular flexibility index (Phi) is 5.94. The Morgan fingerprint density at radius 3 is 2.51 bits per heavy atom.